The number of carbonyl (C=O) groups is 1. The zero-order valence-corrected chi connectivity index (χ0v) is 19.8. The number of pyridine rings is 1. The summed E-state index contributed by atoms with van der Waals surface area (Å²) < 4.78 is 1.65. The Morgan fingerprint density at radius 3 is 2.66 bits per heavy atom. The number of amides is 1. The van der Waals surface area contributed by atoms with E-state index in [9.17, 15) is 10.1 Å². The number of aromatic nitrogens is 4. The second-order valence-electron chi connectivity index (χ2n) is 7.82. The van der Waals surface area contributed by atoms with Gasteiger partial charge in [-0.1, -0.05) is 35.3 Å². The summed E-state index contributed by atoms with van der Waals surface area (Å²) in [5.74, 6) is 0.523. The van der Waals surface area contributed by atoms with Gasteiger partial charge >= 0.3 is 0 Å². The molecule has 172 valence electrons. The van der Waals surface area contributed by atoms with Gasteiger partial charge in [0, 0.05) is 22.5 Å². The fraction of sp³-hybridized carbons (Fsp3) is 0.0800. The number of hydrogen-bond acceptors (Lipinski definition) is 6. The van der Waals surface area contributed by atoms with Crippen LogP contribution < -0.4 is 10.6 Å². The van der Waals surface area contributed by atoms with Crippen molar-refractivity contribution >= 4 is 40.7 Å². The van der Waals surface area contributed by atoms with Crippen LogP contribution >= 0.6 is 23.2 Å². The van der Waals surface area contributed by atoms with E-state index in [1.807, 2.05) is 6.92 Å². The van der Waals surface area contributed by atoms with Gasteiger partial charge in [0.05, 0.1) is 34.1 Å². The summed E-state index contributed by atoms with van der Waals surface area (Å²) in [4.78, 5) is 22.2. The van der Waals surface area contributed by atoms with E-state index < -0.39 is 6.04 Å². The Kier molecular flexibility index (Phi) is 5.95. The summed E-state index contributed by atoms with van der Waals surface area (Å²) in [6.07, 6.45) is 3.20. The summed E-state index contributed by atoms with van der Waals surface area (Å²) in [5, 5.41) is 20.9. The van der Waals surface area contributed by atoms with Gasteiger partial charge in [0.2, 0.25) is 5.95 Å². The van der Waals surface area contributed by atoms with Crippen LogP contribution in [-0.4, -0.2) is 25.7 Å². The van der Waals surface area contributed by atoms with Crippen molar-refractivity contribution in [3.63, 3.8) is 0 Å². The smallest absolute Gasteiger partial charge is 0.255 e. The fourth-order valence-corrected chi connectivity index (χ4v) is 4.41. The number of fused-ring (bicyclic) bond motifs is 1. The van der Waals surface area contributed by atoms with Crippen LogP contribution in [0.5, 0.6) is 0 Å². The molecule has 5 rings (SSSR count). The zero-order chi connectivity index (χ0) is 24.5. The Hall–Kier alpha value is -4.19. The maximum Gasteiger partial charge on any atom is 0.255 e. The first-order valence-electron chi connectivity index (χ1n) is 10.6. The van der Waals surface area contributed by atoms with E-state index >= 15 is 0 Å². The number of nitrogens with zero attached hydrogens (tertiary/aromatic N) is 5. The molecule has 8 nitrogen and oxygen atoms in total. The lowest BCUT2D eigenvalue weighted by molar-refractivity contribution is -0.113. The van der Waals surface area contributed by atoms with Gasteiger partial charge in [-0.05, 0) is 55.0 Å². The molecule has 3 heterocycles. The molecular formula is C25H17Cl2N7O. The van der Waals surface area contributed by atoms with Gasteiger partial charge in [0.1, 0.15) is 6.04 Å². The van der Waals surface area contributed by atoms with Crippen LogP contribution in [0, 0.1) is 11.3 Å². The molecule has 35 heavy (non-hydrogen) atoms. The second-order valence-corrected chi connectivity index (χ2v) is 8.67. The molecule has 0 aliphatic carbocycles. The topological polar surface area (TPSA) is 109 Å². The average Bonchev–Trinajstić information content (AvgIpc) is 3.27. The Balaban J connectivity index is 1.62. The zero-order valence-electron chi connectivity index (χ0n) is 18.3. The number of nitriles is 1. The molecule has 0 fully saturated rings. The van der Waals surface area contributed by atoms with Crippen molar-refractivity contribution in [1.29, 1.82) is 5.26 Å². The van der Waals surface area contributed by atoms with Crippen molar-refractivity contribution in [3.05, 3.63) is 99.4 Å². The quantitative estimate of drug-likeness (QED) is 0.385. The molecule has 1 aliphatic rings. The molecule has 2 aromatic heterocycles. The Morgan fingerprint density at radius 1 is 1.17 bits per heavy atom. The van der Waals surface area contributed by atoms with Crippen LogP contribution in [0.4, 0.5) is 11.6 Å². The molecule has 1 aliphatic heterocycles. The maximum absolute atomic E-state index is 13.5. The van der Waals surface area contributed by atoms with Gasteiger partial charge in [-0.15, -0.1) is 5.10 Å². The van der Waals surface area contributed by atoms with Crippen molar-refractivity contribution in [2.75, 3.05) is 10.6 Å². The lowest BCUT2D eigenvalue weighted by Gasteiger charge is -2.28. The highest BCUT2D eigenvalue weighted by Crippen LogP contribution is 2.38. The molecule has 4 aromatic rings. The Morgan fingerprint density at radius 2 is 1.97 bits per heavy atom. The normalized spacial score (nSPS) is 14.6. The van der Waals surface area contributed by atoms with Crippen molar-refractivity contribution < 1.29 is 4.79 Å². The van der Waals surface area contributed by atoms with E-state index in [2.05, 4.69) is 26.7 Å². The van der Waals surface area contributed by atoms with Crippen molar-refractivity contribution in [3.8, 4) is 17.5 Å². The molecule has 1 atom stereocenters. The van der Waals surface area contributed by atoms with Gasteiger partial charge < -0.3 is 10.6 Å². The minimum absolute atomic E-state index is 0.315. The van der Waals surface area contributed by atoms with Gasteiger partial charge in [-0.3, -0.25) is 9.78 Å². The molecule has 0 saturated heterocycles. The standard InChI is InChI=1S/C25H17Cl2N7O/c1-14-21(24(35)31-18-3-2-10-29-13-18)22(16-6-4-15(12-28)5-7-16)34-25(30-14)32-23(33-34)19-9-8-17(26)11-20(19)27/h2-11,13,22H,1H3,(H,31,35)(H,30,32,33). The number of anilines is 2. The predicted octanol–water partition coefficient (Wildman–Crippen LogP) is 5.45. The fourth-order valence-electron chi connectivity index (χ4n) is 3.91. The van der Waals surface area contributed by atoms with Crippen molar-refractivity contribution in [1.82, 2.24) is 19.7 Å². The molecule has 2 aromatic carbocycles. The third kappa shape index (κ3) is 4.35. The monoisotopic (exact) mass is 501 g/mol. The van der Waals surface area contributed by atoms with E-state index in [-0.39, 0.29) is 5.91 Å². The first-order chi connectivity index (χ1) is 16.9. The minimum atomic E-state index is -0.608. The molecule has 1 unspecified atom stereocenters. The molecule has 10 heteroatoms. The number of nitrogens with one attached hydrogen (secondary N) is 2. The Bertz CT molecular complexity index is 1510. The van der Waals surface area contributed by atoms with Crippen molar-refractivity contribution in [2.24, 2.45) is 0 Å². The van der Waals surface area contributed by atoms with E-state index in [0.717, 1.165) is 5.56 Å². The molecule has 0 spiro atoms. The van der Waals surface area contributed by atoms with Gasteiger partial charge in [-0.2, -0.15) is 10.2 Å². The number of benzene rings is 2. The number of hydrogen-bond donors (Lipinski definition) is 2. The average molecular weight is 502 g/mol. The highest BCUT2D eigenvalue weighted by molar-refractivity contribution is 6.36. The number of carbonyl (C=O) groups excluding carboxylic acids is 1. The van der Waals surface area contributed by atoms with E-state index in [1.54, 1.807) is 71.7 Å². The molecule has 0 saturated carbocycles. The molecule has 2 N–H and O–H groups in total. The lowest BCUT2D eigenvalue weighted by atomic mass is 9.94. The van der Waals surface area contributed by atoms with E-state index in [0.29, 0.717) is 49.9 Å². The largest absolute Gasteiger partial charge is 0.328 e. The lowest BCUT2D eigenvalue weighted by Crippen LogP contribution is -2.31. The van der Waals surface area contributed by atoms with E-state index in [1.165, 1.54) is 0 Å². The van der Waals surface area contributed by atoms with E-state index in [4.69, 9.17) is 28.3 Å². The summed E-state index contributed by atoms with van der Waals surface area (Å²) in [5.41, 5.74) is 3.52. The summed E-state index contributed by atoms with van der Waals surface area (Å²) >= 11 is 12.5. The summed E-state index contributed by atoms with van der Waals surface area (Å²) in [7, 11) is 0. The van der Waals surface area contributed by atoms with Crippen LogP contribution in [0.2, 0.25) is 10.0 Å². The highest BCUT2D eigenvalue weighted by atomic mass is 35.5. The predicted molar refractivity (Wildman–Crippen MR) is 134 cm³/mol. The van der Waals surface area contributed by atoms with Crippen LogP contribution in [0.1, 0.15) is 24.1 Å². The first-order valence-corrected chi connectivity index (χ1v) is 11.3. The summed E-state index contributed by atoms with van der Waals surface area (Å²) in [6, 6.07) is 17.1. The molecule has 1 amide bonds. The van der Waals surface area contributed by atoms with Crippen LogP contribution in [-0.2, 0) is 4.79 Å². The first kappa shape index (κ1) is 22.6. The molecule has 0 radical (unpaired) electrons. The minimum Gasteiger partial charge on any atom is -0.328 e. The maximum atomic E-state index is 13.5. The number of allylic oxidation sites excluding steroid dienone is 1. The van der Waals surface area contributed by atoms with Crippen LogP contribution in [0.3, 0.4) is 0 Å². The SMILES string of the molecule is CC1=C(C(=O)Nc2cccnc2)C(c2ccc(C#N)cc2)n2nc(-c3ccc(Cl)cc3Cl)nc2N1. The van der Waals surface area contributed by atoms with Gasteiger partial charge in [0.15, 0.2) is 5.82 Å². The molecular weight excluding hydrogens is 485 g/mol. The third-order valence-electron chi connectivity index (χ3n) is 5.54. The summed E-state index contributed by atoms with van der Waals surface area (Å²) in [6.45, 7) is 1.81. The second kappa shape index (κ2) is 9.22. The van der Waals surface area contributed by atoms with Crippen LogP contribution in [0.15, 0.2) is 78.3 Å². The number of halogens is 2. The third-order valence-corrected chi connectivity index (χ3v) is 6.09. The van der Waals surface area contributed by atoms with Crippen molar-refractivity contribution in [2.45, 2.75) is 13.0 Å². The van der Waals surface area contributed by atoms with Gasteiger partial charge in [0.25, 0.3) is 5.91 Å². The highest BCUT2D eigenvalue weighted by Gasteiger charge is 2.34. The molecule has 0 bridgehead atoms. The van der Waals surface area contributed by atoms with Gasteiger partial charge in [-0.25, -0.2) is 4.68 Å². The number of rotatable bonds is 4. The van der Waals surface area contributed by atoms with Crippen LogP contribution in [0.25, 0.3) is 11.4 Å². The Labute approximate surface area is 210 Å².